The summed E-state index contributed by atoms with van der Waals surface area (Å²) in [4.78, 5) is 8.67. The van der Waals surface area contributed by atoms with E-state index in [4.69, 9.17) is 14.2 Å². The Morgan fingerprint density at radius 1 is 1.19 bits per heavy atom. The van der Waals surface area contributed by atoms with Gasteiger partial charge in [-0.05, 0) is 49.1 Å². The third-order valence-corrected chi connectivity index (χ3v) is 4.98. The maximum atomic E-state index is 13.6. The van der Waals surface area contributed by atoms with Crippen LogP contribution in [0.3, 0.4) is 0 Å². The van der Waals surface area contributed by atoms with E-state index in [0.717, 1.165) is 5.56 Å². The number of rotatable bonds is 9. The molecule has 0 saturated heterocycles. The minimum Gasteiger partial charge on any atom is -1.00 e. The van der Waals surface area contributed by atoms with Crippen LogP contribution in [0.15, 0.2) is 48.5 Å². The van der Waals surface area contributed by atoms with Crippen molar-refractivity contribution in [3.8, 4) is 11.5 Å². The number of aryl methyl sites for hydroxylation is 1. The van der Waals surface area contributed by atoms with Crippen LogP contribution in [0.2, 0.25) is 0 Å². The van der Waals surface area contributed by atoms with Gasteiger partial charge in [-0.25, -0.2) is 4.39 Å². The van der Waals surface area contributed by atoms with Gasteiger partial charge in [-0.2, -0.15) is 8.42 Å². The van der Waals surface area contributed by atoms with E-state index < -0.39 is 29.6 Å². The monoisotopic (exact) mass is 443 g/mol. The number of benzene rings is 2. The van der Waals surface area contributed by atoms with Crippen LogP contribution in [-0.4, -0.2) is 23.3 Å². The topological polar surface area (TPSA) is 110 Å². The standard InChI is InChI=1S/C16H16FO7PS.K.H/c17-14-8-1-2-9-15(14)23-13-7-3-5-12(11-13)6-4-10-16(24-25(18)19)26(20,21)22;;/h1-3,5,7-9,11,16H,4,6,10H2,(H-,18,19,20,21,22);;/q;+1;-1/p+1. The van der Waals surface area contributed by atoms with Crippen molar-refractivity contribution in [3.63, 3.8) is 0 Å². The van der Waals surface area contributed by atoms with Gasteiger partial charge >= 0.3 is 59.6 Å². The molecular weight excluding hydrogens is 425 g/mol. The molecule has 2 aromatic carbocycles. The molecule has 11 heteroatoms. The first-order valence-corrected chi connectivity index (χ1v) is 10.2. The Kier molecular flexibility index (Phi) is 10.7. The predicted octanol–water partition coefficient (Wildman–Crippen LogP) is 0.937. The molecule has 0 aliphatic rings. The van der Waals surface area contributed by atoms with Crippen LogP contribution < -0.4 is 56.1 Å². The van der Waals surface area contributed by atoms with Gasteiger partial charge in [0, 0.05) is 4.57 Å². The number of ether oxygens (including phenoxy) is 1. The molecule has 0 fully saturated rings. The Labute approximate surface area is 201 Å². The summed E-state index contributed by atoms with van der Waals surface area (Å²) in [5, 5.41) is 0. The maximum Gasteiger partial charge on any atom is 1.00 e. The molecule has 7 nitrogen and oxygen atoms in total. The molecule has 0 aromatic heterocycles. The van der Waals surface area contributed by atoms with Crippen molar-refractivity contribution in [2.45, 2.75) is 24.7 Å². The van der Waals surface area contributed by atoms with E-state index in [1.54, 1.807) is 36.4 Å². The molecule has 0 saturated carbocycles. The summed E-state index contributed by atoms with van der Waals surface area (Å²) >= 11 is 0. The zero-order valence-electron chi connectivity index (χ0n) is 15.5. The second kappa shape index (κ2) is 11.7. The summed E-state index contributed by atoms with van der Waals surface area (Å²) in [7, 11) is -7.76. The molecule has 27 heavy (non-hydrogen) atoms. The van der Waals surface area contributed by atoms with Crippen molar-refractivity contribution in [2.24, 2.45) is 0 Å². The number of hydrogen-bond acceptors (Lipinski definition) is 5. The SMILES string of the molecule is O=[P+](O)OC(CCCc1cccc(Oc2ccccc2F)c1)S(=O)(=O)O.[H-].[K+]. The number of para-hydroxylation sites is 1. The van der Waals surface area contributed by atoms with Crippen LogP contribution in [0, 0.1) is 5.82 Å². The normalized spacial score (nSPS) is 12.8. The van der Waals surface area contributed by atoms with Crippen LogP contribution in [0.1, 0.15) is 19.8 Å². The van der Waals surface area contributed by atoms with Gasteiger partial charge in [0.15, 0.2) is 11.6 Å². The molecule has 2 atom stereocenters. The molecule has 0 spiro atoms. The Bertz CT molecular complexity index is 885. The van der Waals surface area contributed by atoms with E-state index in [-0.39, 0.29) is 71.4 Å². The Balaban J connectivity index is 0.00000364. The van der Waals surface area contributed by atoms with Crippen LogP contribution >= 0.6 is 8.25 Å². The smallest absolute Gasteiger partial charge is 1.00 e. The van der Waals surface area contributed by atoms with Gasteiger partial charge in [0.1, 0.15) is 5.75 Å². The molecule has 2 rings (SSSR count). The van der Waals surface area contributed by atoms with Gasteiger partial charge in [-0.15, -0.1) is 4.89 Å². The summed E-state index contributed by atoms with van der Waals surface area (Å²) in [6.45, 7) is 0. The predicted molar refractivity (Wildman–Crippen MR) is 93.2 cm³/mol. The van der Waals surface area contributed by atoms with Crippen molar-refractivity contribution in [1.82, 2.24) is 0 Å². The van der Waals surface area contributed by atoms with Crippen LogP contribution in [0.5, 0.6) is 11.5 Å². The van der Waals surface area contributed by atoms with Gasteiger partial charge in [0.25, 0.3) is 10.1 Å². The van der Waals surface area contributed by atoms with E-state index in [1.165, 1.54) is 12.1 Å². The van der Waals surface area contributed by atoms with E-state index in [2.05, 4.69) is 4.52 Å². The average Bonchev–Trinajstić information content (AvgIpc) is 2.55. The van der Waals surface area contributed by atoms with E-state index in [1.807, 2.05) is 0 Å². The van der Waals surface area contributed by atoms with Crippen molar-refractivity contribution >= 4 is 18.4 Å². The van der Waals surface area contributed by atoms with Crippen LogP contribution in [0.4, 0.5) is 4.39 Å². The summed E-state index contributed by atoms with van der Waals surface area (Å²) in [6, 6.07) is 12.7. The minimum atomic E-state index is -4.60. The van der Waals surface area contributed by atoms with Crippen LogP contribution in [0.25, 0.3) is 0 Å². The summed E-state index contributed by atoms with van der Waals surface area (Å²) < 4.78 is 65.3. The minimum absolute atomic E-state index is 0. The Hall–Kier alpha value is -0.264. The fraction of sp³-hybridized carbons (Fsp3) is 0.250. The van der Waals surface area contributed by atoms with Crippen molar-refractivity contribution in [2.75, 3.05) is 0 Å². The Morgan fingerprint density at radius 2 is 1.89 bits per heavy atom. The molecule has 2 N–H and O–H groups in total. The molecule has 0 radical (unpaired) electrons. The summed E-state index contributed by atoms with van der Waals surface area (Å²) in [6.07, 6.45) is 0.488. The first-order chi connectivity index (χ1) is 12.3. The summed E-state index contributed by atoms with van der Waals surface area (Å²) in [5.41, 5.74) is -0.990. The van der Waals surface area contributed by atoms with Gasteiger partial charge in [0.05, 0.1) is 0 Å². The molecule has 0 amide bonds. The largest absolute Gasteiger partial charge is 1.00 e. The fourth-order valence-electron chi connectivity index (χ4n) is 2.25. The van der Waals surface area contributed by atoms with E-state index in [0.29, 0.717) is 12.2 Å². The van der Waals surface area contributed by atoms with Gasteiger partial charge in [-0.3, -0.25) is 4.55 Å². The maximum absolute atomic E-state index is 13.6. The third-order valence-electron chi connectivity index (χ3n) is 3.41. The molecule has 142 valence electrons. The fourth-order valence-corrected chi connectivity index (χ4v) is 3.68. The molecular formula is C16H18FKO7PS+. The molecule has 0 heterocycles. The van der Waals surface area contributed by atoms with Crippen molar-refractivity contribution in [1.29, 1.82) is 0 Å². The quantitative estimate of drug-likeness (QED) is 0.337. The molecule has 0 bridgehead atoms. The molecule has 2 aromatic rings. The molecule has 0 aliphatic heterocycles. The first kappa shape index (κ1) is 24.8. The average molecular weight is 443 g/mol. The molecule has 2 unspecified atom stereocenters. The van der Waals surface area contributed by atoms with Crippen molar-refractivity contribution < 1.29 is 88.9 Å². The number of halogens is 1. The third kappa shape index (κ3) is 8.74. The zero-order chi connectivity index (χ0) is 19.2. The second-order valence-electron chi connectivity index (χ2n) is 5.36. The van der Waals surface area contributed by atoms with E-state index in [9.17, 15) is 17.4 Å². The van der Waals surface area contributed by atoms with Crippen LogP contribution in [-0.2, 0) is 25.6 Å². The van der Waals surface area contributed by atoms with Gasteiger partial charge in [0.2, 0.25) is 5.44 Å². The summed E-state index contributed by atoms with van der Waals surface area (Å²) in [5.74, 6) is -0.00554. The Morgan fingerprint density at radius 3 is 2.52 bits per heavy atom. The number of hydrogen-bond donors (Lipinski definition) is 2. The first-order valence-electron chi connectivity index (χ1n) is 7.56. The second-order valence-corrected chi connectivity index (χ2v) is 7.60. The molecule has 0 aliphatic carbocycles. The van der Waals surface area contributed by atoms with Gasteiger partial charge in [-0.1, -0.05) is 28.8 Å². The van der Waals surface area contributed by atoms with Gasteiger partial charge < -0.3 is 6.16 Å². The zero-order valence-corrected chi connectivity index (χ0v) is 19.3. The van der Waals surface area contributed by atoms with E-state index >= 15 is 0 Å². The van der Waals surface area contributed by atoms with Crippen molar-refractivity contribution in [3.05, 3.63) is 59.9 Å².